The number of hydrogen-bond acceptors (Lipinski definition) is 2. The van der Waals surface area contributed by atoms with Gasteiger partial charge in [-0.2, -0.15) is 0 Å². The lowest BCUT2D eigenvalue weighted by Gasteiger charge is -2.59. The molecule has 0 aromatic rings. The zero-order valence-corrected chi connectivity index (χ0v) is 12.8. The molecule has 1 N–H and O–H groups in total. The lowest BCUT2D eigenvalue weighted by molar-refractivity contribution is -0.0704. The van der Waals surface area contributed by atoms with Gasteiger partial charge in [-0.25, -0.2) is 0 Å². The van der Waals surface area contributed by atoms with Crippen molar-refractivity contribution < 1.29 is 4.74 Å². The zero-order chi connectivity index (χ0) is 13.3. The number of ether oxygens (including phenoxy) is 1. The van der Waals surface area contributed by atoms with Crippen LogP contribution in [0.3, 0.4) is 0 Å². The second kappa shape index (κ2) is 5.73. The van der Waals surface area contributed by atoms with Gasteiger partial charge in [0.2, 0.25) is 0 Å². The SMILES string of the molecule is CCOCCCNC(C)C12CC3CC(CC(C3)C1)C2. The molecule has 0 radical (unpaired) electrons. The van der Waals surface area contributed by atoms with Crippen LogP contribution in [0.4, 0.5) is 0 Å². The standard InChI is InChI=1S/C17H31NO/c1-3-19-6-4-5-18-13(2)17-10-14-7-15(11-17)9-16(8-14)12-17/h13-16,18H,3-12H2,1-2H3. The zero-order valence-electron chi connectivity index (χ0n) is 12.8. The molecule has 4 rings (SSSR count). The van der Waals surface area contributed by atoms with Crippen molar-refractivity contribution in [3.8, 4) is 0 Å². The number of nitrogens with one attached hydrogen (secondary N) is 1. The number of rotatable bonds is 7. The Hall–Kier alpha value is -0.0800. The highest BCUT2D eigenvalue weighted by Gasteiger charge is 2.52. The van der Waals surface area contributed by atoms with Crippen LogP contribution in [0.25, 0.3) is 0 Å². The van der Waals surface area contributed by atoms with Crippen molar-refractivity contribution in [3.05, 3.63) is 0 Å². The Kier molecular flexibility index (Phi) is 4.19. The summed E-state index contributed by atoms with van der Waals surface area (Å²) in [5, 5.41) is 3.82. The first-order valence-corrected chi connectivity index (χ1v) is 8.53. The fourth-order valence-electron chi connectivity index (χ4n) is 5.56. The Balaban J connectivity index is 1.50. The molecule has 0 spiro atoms. The molecule has 0 aromatic carbocycles. The van der Waals surface area contributed by atoms with Gasteiger partial charge < -0.3 is 10.1 Å². The van der Waals surface area contributed by atoms with Gasteiger partial charge in [-0.15, -0.1) is 0 Å². The molecule has 4 saturated carbocycles. The van der Waals surface area contributed by atoms with E-state index >= 15 is 0 Å². The molecule has 1 unspecified atom stereocenters. The molecule has 0 aliphatic heterocycles. The molecule has 2 nitrogen and oxygen atoms in total. The molecule has 4 aliphatic rings. The molecule has 4 aliphatic carbocycles. The van der Waals surface area contributed by atoms with E-state index in [4.69, 9.17) is 4.74 Å². The summed E-state index contributed by atoms with van der Waals surface area (Å²) in [5.74, 6) is 3.21. The average Bonchev–Trinajstić information content (AvgIpc) is 2.36. The molecule has 1 atom stereocenters. The van der Waals surface area contributed by atoms with Crippen LogP contribution in [-0.4, -0.2) is 25.8 Å². The first-order chi connectivity index (χ1) is 9.22. The van der Waals surface area contributed by atoms with E-state index in [-0.39, 0.29) is 0 Å². The van der Waals surface area contributed by atoms with Gasteiger partial charge >= 0.3 is 0 Å². The van der Waals surface area contributed by atoms with Crippen LogP contribution in [0.2, 0.25) is 0 Å². The van der Waals surface area contributed by atoms with Crippen LogP contribution in [0.1, 0.15) is 58.8 Å². The summed E-state index contributed by atoms with van der Waals surface area (Å²) in [6.45, 7) is 7.42. The maximum atomic E-state index is 5.42. The summed E-state index contributed by atoms with van der Waals surface area (Å²) in [5.41, 5.74) is 0.653. The van der Waals surface area contributed by atoms with Gasteiger partial charge in [0.1, 0.15) is 0 Å². The van der Waals surface area contributed by atoms with Crippen LogP contribution >= 0.6 is 0 Å². The van der Waals surface area contributed by atoms with E-state index in [1.54, 1.807) is 19.3 Å². The Morgan fingerprint density at radius 3 is 2.21 bits per heavy atom. The van der Waals surface area contributed by atoms with E-state index in [1.807, 2.05) is 0 Å². The molecule has 110 valence electrons. The molecule has 0 amide bonds. The predicted molar refractivity (Wildman–Crippen MR) is 79.2 cm³/mol. The van der Waals surface area contributed by atoms with Gasteiger partial charge in [0, 0.05) is 19.3 Å². The van der Waals surface area contributed by atoms with Crippen molar-refractivity contribution in [2.45, 2.75) is 64.8 Å². The lowest BCUT2D eigenvalue weighted by atomic mass is 9.48. The van der Waals surface area contributed by atoms with Crippen LogP contribution in [0.15, 0.2) is 0 Å². The second-order valence-corrected chi connectivity index (χ2v) is 7.51. The Morgan fingerprint density at radius 1 is 1.11 bits per heavy atom. The Bertz CT molecular complexity index is 266. The highest BCUT2D eigenvalue weighted by molar-refractivity contribution is 5.05. The molecule has 2 heteroatoms. The molecule has 0 aromatic heterocycles. The van der Waals surface area contributed by atoms with Crippen molar-refractivity contribution in [2.24, 2.45) is 23.2 Å². The van der Waals surface area contributed by atoms with Gasteiger partial charge in [0.15, 0.2) is 0 Å². The quantitative estimate of drug-likeness (QED) is 0.710. The fourth-order valence-corrected chi connectivity index (χ4v) is 5.56. The minimum atomic E-state index is 0.653. The second-order valence-electron chi connectivity index (χ2n) is 7.51. The predicted octanol–water partition coefficient (Wildman–Crippen LogP) is 3.61. The van der Waals surface area contributed by atoms with E-state index in [9.17, 15) is 0 Å². The monoisotopic (exact) mass is 265 g/mol. The Morgan fingerprint density at radius 2 is 1.68 bits per heavy atom. The third-order valence-electron chi connectivity index (χ3n) is 6.12. The van der Waals surface area contributed by atoms with Crippen LogP contribution in [0.5, 0.6) is 0 Å². The van der Waals surface area contributed by atoms with Gasteiger partial charge in [0.05, 0.1) is 0 Å². The summed E-state index contributed by atoms with van der Waals surface area (Å²) in [7, 11) is 0. The van der Waals surface area contributed by atoms with Crippen LogP contribution in [-0.2, 0) is 4.74 Å². The molecular formula is C17H31NO. The third-order valence-corrected chi connectivity index (χ3v) is 6.12. The summed E-state index contributed by atoms with van der Waals surface area (Å²) >= 11 is 0. The molecule has 19 heavy (non-hydrogen) atoms. The lowest BCUT2D eigenvalue weighted by Crippen LogP contribution is -2.55. The van der Waals surface area contributed by atoms with Crippen molar-refractivity contribution >= 4 is 0 Å². The van der Waals surface area contributed by atoms with Gasteiger partial charge in [-0.1, -0.05) is 0 Å². The highest BCUT2D eigenvalue weighted by Crippen LogP contribution is 2.61. The molecular weight excluding hydrogens is 234 g/mol. The maximum absolute atomic E-state index is 5.42. The first-order valence-electron chi connectivity index (χ1n) is 8.53. The molecule has 4 bridgehead atoms. The smallest absolute Gasteiger partial charge is 0.0477 e. The highest BCUT2D eigenvalue weighted by atomic mass is 16.5. The van der Waals surface area contributed by atoms with E-state index < -0.39 is 0 Å². The summed E-state index contributed by atoms with van der Waals surface area (Å²) in [6.07, 6.45) is 10.4. The summed E-state index contributed by atoms with van der Waals surface area (Å²) in [4.78, 5) is 0. The van der Waals surface area contributed by atoms with Crippen LogP contribution in [0, 0.1) is 23.2 Å². The summed E-state index contributed by atoms with van der Waals surface area (Å²) < 4.78 is 5.42. The van der Waals surface area contributed by atoms with Crippen molar-refractivity contribution in [1.82, 2.24) is 5.32 Å². The van der Waals surface area contributed by atoms with E-state index in [0.29, 0.717) is 11.5 Å². The van der Waals surface area contributed by atoms with Gasteiger partial charge in [-0.05, 0) is 88.5 Å². The largest absolute Gasteiger partial charge is 0.382 e. The number of hydrogen-bond donors (Lipinski definition) is 1. The Labute approximate surface area is 118 Å². The maximum Gasteiger partial charge on any atom is 0.0477 e. The topological polar surface area (TPSA) is 21.3 Å². The van der Waals surface area contributed by atoms with E-state index in [2.05, 4.69) is 19.2 Å². The van der Waals surface area contributed by atoms with E-state index in [1.165, 1.54) is 19.3 Å². The normalized spacial score (nSPS) is 41.7. The molecule has 4 fully saturated rings. The van der Waals surface area contributed by atoms with Crippen molar-refractivity contribution in [2.75, 3.05) is 19.8 Å². The van der Waals surface area contributed by atoms with Gasteiger partial charge in [0.25, 0.3) is 0 Å². The third kappa shape index (κ3) is 2.85. The minimum absolute atomic E-state index is 0.653. The van der Waals surface area contributed by atoms with Crippen molar-refractivity contribution in [3.63, 3.8) is 0 Å². The molecule has 0 saturated heterocycles. The van der Waals surface area contributed by atoms with Crippen molar-refractivity contribution in [1.29, 1.82) is 0 Å². The van der Waals surface area contributed by atoms with Gasteiger partial charge in [-0.3, -0.25) is 0 Å². The summed E-state index contributed by atoms with van der Waals surface area (Å²) in [6, 6.07) is 0.711. The fraction of sp³-hybridized carbons (Fsp3) is 1.00. The molecule has 0 heterocycles. The van der Waals surface area contributed by atoms with E-state index in [0.717, 1.165) is 43.9 Å². The average molecular weight is 265 g/mol. The van der Waals surface area contributed by atoms with Crippen LogP contribution < -0.4 is 5.32 Å². The first kappa shape index (κ1) is 13.9. The minimum Gasteiger partial charge on any atom is -0.382 e.